The van der Waals surface area contributed by atoms with E-state index in [9.17, 15) is 9.90 Å². The molecule has 1 rings (SSSR count). The third-order valence-electron chi connectivity index (χ3n) is 1.75. The minimum absolute atomic E-state index is 0.00966. The number of phenols is 1. The standard InChI is InChI=1S/C9H13N3O2/c10-4-3-6-1-2-8(13)7(5-6)12-9(11)14/h1-2,5,13H,3-4,10H2,(H3,11,12,14). The number of benzene rings is 1. The number of rotatable bonds is 3. The average Bonchev–Trinajstić information content (AvgIpc) is 2.10. The zero-order chi connectivity index (χ0) is 10.6. The van der Waals surface area contributed by atoms with Gasteiger partial charge in [0.25, 0.3) is 0 Å². The SMILES string of the molecule is NCCc1ccc(O)c(NC(N)=O)c1. The predicted molar refractivity (Wildman–Crippen MR) is 54.1 cm³/mol. The van der Waals surface area contributed by atoms with Gasteiger partial charge in [-0.2, -0.15) is 0 Å². The van der Waals surface area contributed by atoms with Crippen LogP contribution in [0.3, 0.4) is 0 Å². The number of primary amides is 1. The van der Waals surface area contributed by atoms with Crippen molar-refractivity contribution in [2.75, 3.05) is 11.9 Å². The zero-order valence-corrected chi connectivity index (χ0v) is 7.66. The molecule has 1 aromatic carbocycles. The molecule has 0 saturated carbocycles. The first kappa shape index (κ1) is 10.3. The van der Waals surface area contributed by atoms with Crippen LogP contribution in [0.1, 0.15) is 5.56 Å². The third-order valence-corrected chi connectivity index (χ3v) is 1.75. The minimum atomic E-state index is -0.704. The van der Waals surface area contributed by atoms with E-state index in [1.165, 1.54) is 6.07 Å². The first-order chi connectivity index (χ1) is 6.63. The van der Waals surface area contributed by atoms with Crippen LogP contribution in [0.5, 0.6) is 5.75 Å². The lowest BCUT2D eigenvalue weighted by Gasteiger charge is -2.06. The molecule has 0 atom stereocenters. The van der Waals surface area contributed by atoms with Gasteiger partial charge >= 0.3 is 6.03 Å². The van der Waals surface area contributed by atoms with E-state index >= 15 is 0 Å². The minimum Gasteiger partial charge on any atom is -0.506 e. The predicted octanol–water partition coefficient (Wildman–Crippen LogP) is 0.384. The van der Waals surface area contributed by atoms with E-state index in [4.69, 9.17) is 11.5 Å². The second kappa shape index (κ2) is 4.48. The van der Waals surface area contributed by atoms with Crippen molar-refractivity contribution >= 4 is 11.7 Å². The summed E-state index contributed by atoms with van der Waals surface area (Å²) in [5, 5.41) is 11.7. The molecular weight excluding hydrogens is 182 g/mol. The fraction of sp³-hybridized carbons (Fsp3) is 0.222. The van der Waals surface area contributed by atoms with Crippen LogP contribution in [0.25, 0.3) is 0 Å². The number of hydrogen-bond donors (Lipinski definition) is 4. The molecule has 0 heterocycles. The van der Waals surface area contributed by atoms with Gasteiger partial charge < -0.3 is 21.9 Å². The number of hydrogen-bond acceptors (Lipinski definition) is 3. The fourth-order valence-corrected chi connectivity index (χ4v) is 1.14. The van der Waals surface area contributed by atoms with Crippen molar-refractivity contribution < 1.29 is 9.90 Å². The molecule has 5 nitrogen and oxygen atoms in total. The van der Waals surface area contributed by atoms with Crippen molar-refractivity contribution in [1.82, 2.24) is 0 Å². The van der Waals surface area contributed by atoms with Crippen LogP contribution >= 0.6 is 0 Å². The molecule has 0 aliphatic carbocycles. The van der Waals surface area contributed by atoms with E-state index in [1.807, 2.05) is 0 Å². The third kappa shape index (κ3) is 2.63. The molecule has 6 N–H and O–H groups in total. The van der Waals surface area contributed by atoms with Crippen LogP contribution in [0.15, 0.2) is 18.2 Å². The van der Waals surface area contributed by atoms with E-state index in [-0.39, 0.29) is 5.75 Å². The van der Waals surface area contributed by atoms with Crippen molar-refractivity contribution in [2.45, 2.75) is 6.42 Å². The summed E-state index contributed by atoms with van der Waals surface area (Å²) in [7, 11) is 0. The largest absolute Gasteiger partial charge is 0.506 e. The van der Waals surface area contributed by atoms with Gasteiger partial charge in [0.1, 0.15) is 5.75 Å². The Kier molecular flexibility index (Phi) is 3.30. The highest BCUT2D eigenvalue weighted by molar-refractivity contribution is 5.89. The lowest BCUT2D eigenvalue weighted by Crippen LogP contribution is -2.19. The number of anilines is 1. The number of nitrogens with one attached hydrogen (secondary N) is 1. The molecular formula is C9H13N3O2. The van der Waals surface area contributed by atoms with Crippen LogP contribution in [0.2, 0.25) is 0 Å². The van der Waals surface area contributed by atoms with Gasteiger partial charge in [0.05, 0.1) is 5.69 Å². The highest BCUT2D eigenvalue weighted by Crippen LogP contribution is 2.23. The molecule has 0 bridgehead atoms. The lowest BCUT2D eigenvalue weighted by molar-refractivity contribution is 0.259. The first-order valence-electron chi connectivity index (χ1n) is 4.22. The molecule has 0 saturated heterocycles. The maximum atomic E-state index is 10.6. The molecule has 0 unspecified atom stereocenters. The van der Waals surface area contributed by atoms with Crippen LogP contribution in [-0.4, -0.2) is 17.7 Å². The smallest absolute Gasteiger partial charge is 0.316 e. The first-order valence-corrected chi connectivity index (χ1v) is 4.22. The van der Waals surface area contributed by atoms with Gasteiger partial charge in [0.15, 0.2) is 0 Å². The normalized spacial score (nSPS) is 9.79. The molecule has 0 aliphatic heterocycles. The van der Waals surface area contributed by atoms with E-state index in [0.29, 0.717) is 18.7 Å². The zero-order valence-electron chi connectivity index (χ0n) is 7.66. The Labute approximate surface area is 81.7 Å². The summed E-state index contributed by atoms with van der Waals surface area (Å²) in [6.45, 7) is 0.515. The number of carbonyl (C=O) groups is 1. The van der Waals surface area contributed by atoms with E-state index < -0.39 is 6.03 Å². The summed E-state index contributed by atoms with van der Waals surface area (Å²) in [5.74, 6) is -0.00966. The molecule has 0 aliphatic rings. The monoisotopic (exact) mass is 195 g/mol. The van der Waals surface area contributed by atoms with Crippen molar-refractivity contribution in [2.24, 2.45) is 11.5 Å². The van der Waals surface area contributed by atoms with Crippen molar-refractivity contribution in [1.29, 1.82) is 0 Å². The number of aromatic hydroxyl groups is 1. The van der Waals surface area contributed by atoms with Gasteiger partial charge in [-0.1, -0.05) is 6.07 Å². The van der Waals surface area contributed by atoms with Gasteiger partial charge in [-0.3, -0.25) is 0 Å². The molecule has 0 radical (unpaired) electrons. The summed E-state index contributed by atoms with van der Waals surface area (Å²) in [6.07, 6.45) is 0.688. The number of nitrogens with two attached hydrogens (primary N) is 2. The Morgan fingerprint density at radius 1 is 1.50 bits per heavy atom. The molecule has 14 heavy (non-hydrogen) atoms. The van der Waals surface area contributed by atoms with Crippen LogP contribution in [-0.2, 0) is 6.42 Å². The molecule has 0 spiro atoms. The van der Waals surface area contributed by atoms with Crippen molar-refractivity contribution in [3.8, 4) is 5.75 Å². The highest BCUT2D eigenvalue weighted by Gasteiger charge is 2.03. The topological polar surface area (TPSA) is 101 Å². The van der Waals surface area contributed by atoms with Gasteiger partial charge in [-0.15, -0.1) is 0 Å². The quantitative estimate of drug-likeness (QED) is 0.524. The van der Waals surface area contributed by atoms with Crippen molar-refractivity contribution in [3.63, 3.8) is 0 Å². The number of urea groups is 1. The molecule has 2 amide bonds. The van der Waals surface area contributed by atoms with Gasteiger partial charge in [-0.05, 0) is 30.7 Å². The molecule has 0 aromatic heterocycles. The summed E-state index contributed by atoms with van der Waals surface area (Å²) in [4.78, 5) is 10.6. The van der Waals surface area contributed by atoms with Gasteiger partial charge in [0.2, 0.25) is 0 Å². The second-order valence-corrected chi connectivity index (χ2v) is 2.88. The Hall–Kier alpha value is -1.75. The fourth-order valence-electron chi connectivity index (χ4n) is 1.14. The maximum Gasteiger partial charge on any atom is 0.316 e. The van der Waals surface area contributed by atoms with Crippen LogP contribution in [0, 0.1) is 0 Å². The lowest BCUT2D eigenvalue weighted by atomic mass is 10.1. The van der Waals surface area contributed by atoms with Crippen LogP contribution in [0.4, 0.5) is 10.5 Å². The number of phenolic OH excluding ortho intramolecular Hbond substituents is 1. The summed E-state index contributed by atoms with van der Waals surface area (Å²) in [5.41, 5.74) is 11.6. The average molecular weight is 195 g/mol. The van der Waals surface area contributed by atoms with E-state index in [1.54, 1.807) is 12.1 Å². The number of amides is 2. The summed E-state index contributed by atoms with van der Waals surface area (Å²) >= 11 is 0. The Balaban J connectivity index is 2.90. The number of carbonyl (C=O) groups excluding carboxylic acids is 1. The van der Waals surface area contributed by atoms with E-state index in [2.05, 4.69) is 5.32 Å². The van der Waals surface area contributed by atoms with E-state index in [0.717, 1.165) is 5.56 Å². The second-order valence-electron chi connectivity index (χ2n) is 2.88. The van der Waals surface area contributed by atoms with Gasteiger partial charge in [-0.25, -0.2) is 4.79 Å². The molecule has 76 valence electrons. The van der Waals surface area contributed by atoms with Crippen LogP contribution < -0.4 is 16.8 Å². The van der Waals surface area contributed by atoms with Gasteiger partial charge in [0, 0.05) is 0 Å². The van der Waals surface area contributed by atoms with Crippen molar-refractivity contribution in [3.05, 3.63) is 23.8 Å². The molecule has 0 fully saturated rings. The Morgan fingerprint density at radius 3 is 2.79 bits per heavy atom. The summed E-state index contributed by atoms with van der Waals surface area (Å²) < 4.78 is 0. The Bertz CT molecular complexity index is 339. The molecule has 1 aromatic rings. The summed E-state index contributed by atoms with van der Waals surface area (Å²) in [6, 6.07) is 4.18. The molecule has 5 heteroatoms. The highest BCUT2D eigenvalue weighted by atomic mass is 16.3. The maximum absolute atomic E-state index is 10.6. The Morgan fingerprint density at radius 2 is 2.21 bits per heavy atom.